The number of hydrogen-bond donors (Lipinski definition) is 2. The summed E-state index contributed by atoms with van der Waals surface area (Å²) < 4.78 is 39.5. The summed E-state index contributed by atoms with van der Waals surface area (Å²) in [5, 5.41) is 2.80. The van der Waals surface area contributed by atoms with Gasteiger partial charge in [-0.25, -0.2) is 8.42 Å². The summed E-state index contributed by atoms with van der Waals surface area (Å²) in [6.45, 7) is 7.68. The average Bonchev–Trinajstić information content (AvgIpc) is 2.80. The van der Waals surface area contributed by atoms with Crippen LogP contribution in [0.3, 0.4) is 0 Å². The fourth-order valence-electron chi connectivity index (χ4n) is 3.37. The molecular weight excluding hydrogens is 452 g/mol. The molecule has 8 heteroatoms. The highest BCUT2D eigenvalue weighted by atomic mass is 32.2. The van der Waals surface area contributed by atoms with Gasteiger partial charge in [-0.15, -0.1) is 0 Å². The average molecular weight is 483 g/mol. The van der Waals surface area contributed by atoms with Crippen molar-refractivity contribution < 1.29 is 22.7 Å². The molecule has 0 saturated heterocycles. The van der Waals surface area contributed by atoms with Gasteiger partial charge in [0, 0.05) is 5.69 Å². The van der Waals surface area contributed by atoms with Crippen LogP contribution in [0.4, 0.5) is 11.4 Å². The molecule has 0 bridgehead atoms. The molecule has 0 aliphatic heterocycles. The van der Waals surface area contributed by atoms with Crippen molar-refractivity contribution in [3.05, 3.63) is 77.4 Å². The lowest BCUT2D eigenvalue weighted by atomic mass is 10.1. The van der Waals surface area contributed by atoms with E-state index in [0.29, 0.717) is 29.3 Å². The van der Waals surface area contributed by atoms with Crippen LogP contribution in [-0.4, -0.2) is 27.5 Å². The molecule has 3 aromatic rings. The summed E-state index contributed by atoms with van der Waals surface area (Å²) >= 11 is 0. The number of hydrogen-bond acceptors (Lipinski definition) is 5. The monoisotopic (exact) mass is 482 g/mol. The predicted octanol–water partition coefficient (Wildman–Crippen LogP) is 5.22. The van der Waals surface area contributed by atoms with Crippen molar-refractivity contribution >= 4 is 27.3 Å². The molecule has 0 aliphatic carbocycles. The van der Waals surface area contributed by atoms with Gasteiger partial charge in [-0.1, -0.05) is 25.1 Å². The quantitative estimate of drug-likeness (QED) is 0.436. The minimum atomic E-state index is -3.85. The second-order valence-electron chi connectivity index (χ2n) is 8.04. The number of sulfonamides is 1. The van der Waals surface area contributed by atoms with Gasteiger partial charge in [0.15, 0.2) is 6.10 Å². The minimum absolute atomic E-state index is 0.0627. The van der Waals surface area contributed by atoms with Crippen LogP contribution in [0.15, 0.2) is 65.6 Å². The van der Waals surface area contributed by atoms with Crippen molar-refractivity contribution in [2.24, 2.45) is 0 Å². The van der Waals surface area contributed by atoms with Crippen LogP contribution >= 0.6 is 0 Å². The zero-order valence-electron chi connectivity index (χ0n) is 20.0. The highest BCUT2D eigenvalue weighted by Gasteiger charge is 2.21. The Morgan fingerprint density at radius 1 is 0.971 bits per heavy atom. The number of benzene rings is 3. The summed E-state index contributed by atoms with van der Waals surface area (Å²) in [6, 6.07) is 16.9. The van der Waals surface area contributed by atoms with Crippen LogP contribution < -0.4 is 19.5 Å². The van der Waals surface area contributed by atoms with E-state index in [2.05, 4.69) is 10.0 Å². The Morgan fingerprint density at radius 3 is 2.32 bits per heavy atom. The van der Waals surface area contributed by atoms with E-state index in [9.17, 15) is 13.2 Å². The second-order valence-corrected chi connectivity index (χ2v) is 9.72. The Kier molecular flexibility index (Phi) is 7.83. The van der Waals surface area contributed by atoms with Crippen LogP contribution in [0.2, 0.25) is 0 Å². The number of nitrogens with one attached hydrogen (secondary N) is 2. The SMILES string of the molecule is CC[C@H](Oc1cccc(C)c1C)C(=O)Nc1ccc(S(=O)(=O)Nc2cc(C)ccc2OC)cc1. The molecule has 0 unspecified atom stereocenters. The Hall–Kier alpha value is -3.52. The highest BCUT2D eigenvalue weighted by Crippen LogP contribution is 2.28. The van der Waals surface area contributed by atoms with Crippen LogP contribution in [0.25, 0.3) is 0 Å². The van der Waals surface area contributed by atoms with Crippen LogP contribution in [0, 0.1) is 20.8 Å². The molecule has 0 saturated carbocycles. The van der Waals surface area contributed by atoms with E-state index in [0.717, 1.165) is 16.7 Å². The summed E-state index contributed by atoms with van der Waals surface area (Å²) in [6.07, 6.45) is -0.201. The Balaban J connectivity index is 1.71. The third-order valence-electron chi connectivity index (χ3n) is 5.52. The van der Waals surface area contributed by atoms with Gasteiger partial charge in [-0.3, -0.25) is 9.52 Å². The van der Waals surface area contributed by atoms with Crippen molar-refractivity contribution in [2.45, 2.75) is 45.1 Å². The summed E-state index contributed by atoms with van der Waals surface area (Å²) in [4.78, 5) is 12.9. The molecule has 0 aliphatic rings. The van der Waals surface area contributed by atoms with Crippen LogP contribution in [-0.2, 0) is 14.8 Å². The molecule has 3 aromatic carbocycles. The van der Waals surface area contributed by atoms with Gasteiger partial charge >= 0.3 is 0 Å². The molecule has 0 fully saturated rings. The first-order chi connectivity index (χ1) is 16.1. The van der Waals surface area contributed by atoms with E-state index in [4.69, 9.17) is 9.47 Å². The number of aryl methyl sites for hydroxylation is 2. The zero-order chi connectivity index (χ0) is 24.9. The molecule has 0 radical (unpaired) electrons. The molecule has 1 atom stereocenters. The van der Waals surface area contributed by atoms with Crippen molar-refractivity contribution in [2.75, 3.05) is 17.1 Å². The van der Waals surface area contributed by atoms with Crippen molar-refractivity contribution in [1.29, 1.82) is 0 Å². The molecule has 2 N–H and O–H groups in total. The van der Waals surface area contributed by atoms with E-state index in [-0.39, 0.29) is 10.8 Å². The van der Waals surface area contributed by atoms with Gasteiger partial charge in [0.25, 0.3) is 15.9 Å². The summed E-state index contributed by atoms with van der Waals surface area (Å²) in [7, 11) is -2.37. The van der Waals surface area contributed by atoms with Gasteiger partial charge in [0.05, 0.1) is 17.7 Å². The maximum absolute atomic E-state index is 12.9. The number of ether oxygens (including phenoxy) is 2. The molecule has 0 heterocycles. The van der Waals surface area contributed by atoms with Crippen LogP contribution in [0.5, 0.6) is 11.5 Å². The lowest BCUT2D eigenvalue weighted by Crippen LogP contribution is -2.32. The number of anilines is 2. The lowest BCUT2D eigenvalue weighted by molar-refractivity contribution is -0.122. The maximum atomic E-state index is 12.9. The number of carbonyl (C=O) groups excluding carboxylic acids is 1. The number of methoxy groups -OCH3 is 1. The Morgan fingerprint density at radius 2 is 1.68 bits per heavy atom. The predicted molar refractivity (Wildman–Crippen MR) is 134 cm³/mol. The first kappa shape index (κ1) is 25.1. The number of rotatable bonds is 9. The van der Waals surface area contributed by atoms with Crippen molar-refractivity contribution in [3.8, 4) is 11.5 Å². The summed E-state index contributed by atoms with van der Waals surface area (Å²) in [5.74, 6) is 0.787. The molecule has 0 spiro atoms. The Labute approximate surface area is 201 Å². The third kappa shape index (κ3) is 5.88. The summed E-state index contributed by atoms with van der Waals surface area (Å²) in [5.41, 5.74) is 3.79. The maximum Gasteiger partial charge on any atom is 0.265 e. The van der Waals surface area contributed by atoms with Crippen LogP contribution in [0.1, 0.15) is 30.0 Å². The molecule has 180 valence electrons. The van der Waals surface area contributed by atoms with E-state index in [1.165, 1.54) is 19.2 Å². The van der Waals surface area contributed by atoms with Gasteiger partial charge < -0.3 is 14.8 Å². The van der Waals surface area contributed by atoms with Gasteiger partial charge in [0.1, 0.15) is 11.5 Å². The molecule has 34 heavy (non-hydrogen) atoms. The standard InChI is InChI=1S/C26H30N2O5S/c1-6-23(33-24-9-7-8-18(3)19(24)4)26(29)27-20-11-13-21(14-12-20)34(30,31)28-22-16-17(2)10-15-25(22)32-5/h7-16,23,28H,6H2,1-5H3,(H,27,29)/t23-/m0/s1. The van der Waals surface area contributed by atoms with Gasteiger partial charge in [-0.2, -0.15) is 0 Å². The largest absolute Gasteiger partial charge is 0.495 e. The normalized spacial score (nSPS) is 12.0. The molecule has 1 amide bonds. The highest BCUT2D eigenvalue weighted by molar-refractivity contribution is 7.92. The smallest absolute Gasteiger partial charge is 0.265 e. The molecule has 7 nitrogen and oxygen atoms in total. The Bertz CT molecular complexity index is 1270. The minimum Gasteiger partial charge on any atom is -0.495 e. The molecule has 3 rings (SSSR count). The van der Waals surface area contributed by atoms with Gasteiger partial charge in [-0.05, 0) is 86.3 Å². The van der Waals surface area contributed by atoms with E-state index >= 15 is 0 Å². The number of carbonyl (C=O) groups is 1. The lowest BCUT2D eigenvalue weighted by Gasteiger charge is -2.19. The molecular formula is C26H30N2O5S. The van der Waals surface area contributed by atoms with E-state index in [1.807, 2.05) is 52.0 Å². The second kappa shape index (κ2) is 10.6. The molecule has 0 aromatic heterocycles. The van der Waals surface area contributed by atoms with Crippen molar-refractivity contribution in [3.63, 3.8) is 0 Å². The fraction of sp³-hybridized carbons (Fsp3) is 0.269. The first-order valence-electron chi connectivity index (χ1n) is 11.0. The third-order valence-corrected chi connectivity index (χ3v) is 6.90. The van der Waals surface area contributed by atoms with Gasteiger partial charge in [0.2, 0.25) is 0 Å². The number of amides is 1. The van der Waals surface area contributed by atoms with E-state index in [1.54, 1.807) is 24.3 Å². The van der Waals surface area contributed by atoms with E-state index < -0.39 is 16.1 Å². The topological polar surface area (TPSA) is 93.7 Å². The fourth-order valence-corrected chi connectivity index (χ4v) is 4.43. The zero-order valence-corrected chi connectivity index (χ0v) is 20.8. The van der Waals surface area contributed by atoms with Crippen molar-refractivity contribution in [1.82, 2.24) is 0 Å². The first-order valence-corrected chi connectivity index (χ1v) is 12.4.